The number of nitrogens with two attached hydrogens (primary N) is 1. The second-order valence-corrected chi connectivity index (χ2v) is 6.07. The molecule has 1 aromatic carbocycles. The third-order valence-corrected chi connectivity index (χ3v) is 4.60. The monoisotopic (exact) mass is 290 g/mol. The fourth-order valence-electron chi connectivity index (χ4n) is 3.41. The SMILES string of the molecule is NC(=O)C1(NC2CCCCCC2)COc2cc(O)ccc21. The summed E-state index contributed by atoms with van der Waals surface area (Å²) < 4.78 is 5.61. The van der Waals surface area contributed by atoms with Crippen LogP contribution in [0.5, 0.6) is 11.5 Å². The Kier molecular flexibility index (Phi) is 3.76. The number of ether oxygens (including phenoxy) is 1. The number of rotatable bonds is 3. The number of carbonyl (C=O) groups is 1. The largest absolute Gasteiger partial charge is 0.508 e. The van der Waals surface area contributed by atoms with E-state index in [1.54, 1.807) is 12.1 Å². The molecule has 5 nitrogen and oxygen atoms in total. The van der Waals surface area contributed by atoms with Crippen molar-refractivity contribution in [2.45, 2.75) is 50.1 Å². The van der Waals surface area contributed by atoms with Gasteiger partial charge in [0.25, 0.3) is 0 Å². The van der Waals surface area contributed by atoms with Crippen LogP contribution >= 0.6 is 0 Å². The highest BCUT2D eigenvalue weighted by molar-refractivity contribution is 5.88. The smallest absolute Gasteiger partial charge is 0.246 e. The fourth-order valence-corrected chi connectivity index (χ4v) is 3.41. The maximum Gasteiger partial charge on any atom is 0.246 e. The number of nitrogens with one attached hydrogen (secondary N) is 1. The van der Waals surface area contributed by atoms with Crippen LogP contribution in [0.15, 0.2) is 18.2 Å². The number of phenolic OH excluding ortho intramolecular Hbond substituents is 1. The van der Waals surface area contributed by atoms with Crippen LogP contribution in [0.2, 0.25) is 0 Å². The molecule has 0 aromatic heterocycles. The molecule has 1 heterocycles. The Hall–Kier alpha value is -1.75. The molecule has 1 fully saturated rings. The number of primary amides is 1. The van der Waals surface area contributed by atoms with Gasteiger partial charge < -0.3 is 15.6 Å². The number of hydrogen-bond acceptors (Lipinski definition) is 4. The van der Waals surface area contributed by atoms with Crippen LogP contribution < -0.4 is 15.8 Å². The van der Waals surface area contributed by atoms with Gasteiger partial charge in [0.2, 0.25) is 5.91 Å². The van der Waals surface area contributed by atoms with E-state index in [-0.39, 0.29) is 18.4 Å². The van der Waals surface area contributed by atoms with Crippen LogP contribution in [0.3, 0.4) is 0 Å². The van der Waals surface area contributed by atoms with Gasteiger partial charge in [-0.2, -0.15) is 0 Å². The third-order valence-electron chi connectivity index (χ3n) is 4.60. The number of aromatic hydroxyl groups is 1. The van der Waals surface area contributed by atoms with Crippen LogP contribution in [-0.2, 0) is 10.3 Å². The Morgan fingerprint density at radius 2 is 2.00 bits per heavy atom. The second-order valence-electron chi connectivity index (χ2n) is 6.07. The molecule has 0 radical (unpaired) electrons. The predicted molar refractivity (Wildman–Crippen MR) is 79.1 cm³/mol. The zero-order chi connectivity index (χ0) is 14.9. The average Bonchev–Trinajstić information content (AvgIpc) is 2.64. The average molecular weight is 290 g/mol. The summed E-state index contributed by atoms with van der Waals surface area (Å²) >= 11 is 0. The summed E-state index contributed by atoms with van der Waals surface area (Å²) in [6.45, 7) is 0.192. The van der Waals surface area contributed by atoms with Crippen molar-refractivity contribution < 1.29 is 14.6 Å². The van der Waals surface area contributed by atoms with Crippen LogP contribution in [0.4, 0.5) is 0 Å². The highest BCUT2D eigenvalue weighted by atomic mass is 16.5. The first-order chi connectivity index (χ1) is 10.1. The van der Waals surface area contributed by atoms with Crippen molar-refractivity contribution in [3.63, 3.8) is 0 Å². The van der Waals surface area contributed by atoms with Crippen LogP contribution in [0.25, 0.3) is 0 Å². The normalized spacial score (nSPS) is 25.9. The lowest BCUT2D eigenvalue weighted by molar-refractivity contribution is -0.125. The number of carbonyl (C=O) groups excluding carboxylic acids is 1. The molecule has 0 saturated heterocycles. The van der Waals surface area contributed by atoms with Gasteiger partial charge in [-0.1, -0.05) is 25.7 Å². The minimum absolute atomic E-state index is 0.128. The van der Waals surface area contributed by atoms with Crippen molar-refractivity contribution in [1.29, 1.82) is 0 Å². The van der Waals surface area contributed by atoms with Crippen molar-refractivity contribution >= 4 is 5.91 Å². The molecular weight excluding hydrogens is 268 g/mol. The molecule has 1 aromatic rings. The Balaban J connectivity index is 1.90. The number of phenols is 1. The minimum Gasteiger partial charge on any atom is -0.508 e. The standard InChI is InChI=1S/C16H22N2O3/c17-15(20)16(18-11-5-3-1-2-4-6-11)10-21-14-9-12(19)7-8-13(14)16/h7-9,11,18-19H,1-6,10H2,(H2,17,20). The maximum absolute atomic E-state index is 12.1. The third kappa shape index (κ3) is 2.58. The summed E-state index contributed by atoms with van der Waals surface area (Å²) in [5.74, 6) is 0.245. The van der Waals surface area contributed by atoms with Gasteiger partial charge >= 0.3 is 0 Å². The lowest BCUT2D eigenvalue weighted by Gasteiger charge is -2.31. The summed E-state index contributed by atoms with van der Waals surface area (Å²) in [5, 5.41) is 13.0. The van der Waals surface area contributed by atoms with Crippen molar-refractivity contribution in [1.82, 2.24) is 5.32 Å². The van der Waals surface area contributed by atoms with Gasteiger partial charge in [0.1, 0.15) is 18.1 Å². The first-order valence-corrected chi connectivity index (χ1v) is 7.66. The number of hydrogen-bond donors (Lipinski definition) is 3. The summed E-state index contributed by atoms with van der Waals surface area (Å²) in [6, 6.07) is 5.12. The Labute approximate surface area is 124 Å². The number of amides is 1. The molecule has 1 saturated carbocycles. The van der Waals surface area contributed by atoms with E-state index in [0.717, 1.165) is 18.4 Å². The Morgan fingerprint density at radius 3 is 2.67 bits per heavy atom. The number of benzene rings is 1. The highest BCUT2D eigenvalue weighted by Crippen LogP contribution is 2.40. The van der Waals surface area contributed by atoms with Crippen LogP contribution in [0, 0.1) is 0 Å². The van der Waals surface area contributed by atoms with Crippen molar-refractivity contribution in [2.24, 2.45) is 5.73 Å². The van der Waals surface area contributed by atoms with Gasteiger partial charge in [-0.25, -0.2) is 0 Å². The van der Waals surface area contributed by atoms with Crippen molar-refractivity contribution in [3.05, 3.63) is 23.8 Å². The quantitative estimate of drug-likeness (QED) is 0.741. The van der Waals surface area contributed by atoms with E-state index in [9.17, 15) is 9.90 Å². The lowest BCUT2D eigenvalue weighted by atomic mass is 9.89. The summed E-state index contributed by atoms with van der Waals surface area (Å²) in [7, 11) is 0. The molecule has 5 heteroatoms. The topological polar surface area (TPSA) is 84.6 Å². The molecule has 0 bridgehead atoms. The summed E-state index contributed by atoms with van der Waals surface area (Å²) in [5.41, 5.74) is 5.46. The highest BCUT2D eigenvalue weighted by Gasteiger charge is 2.47. The zero-order valence-corrected chi connectivity index (χ0v) is 12.1. The number of fused-ring (bicyclic) bond motifs is 1. The van der Waals surface area contributed by atoms with Gasteiger partial charge in [-0.3, -0.25) is 10.1 Å². The molecule has 0 spiro atoms. The summed E-state index contributed by atoms with van der Waals surface area (Å²) in [4.78, 5) is 12.1. The molecule has 4 N–H and O–H groups in total. The predicted octanol–water partition coefficient (Wildman–Crippen LogP) is 1.78. The van der Waals surface area contributed by atoms with Gasteiger partial charge in [-0.05, 0) is 25.0 Å². The fraction of sp³-hybridized carbons (Fsp3) is 0.562. The van der Waals surface area contributed by atoms with Gasteiger partial charge in [0.15, 0.2) is 5.54 Å². The van der Waals surface area contributed by atoms with Gasteiger partial charge in [0.05, 0.1) is 0 Å². The van der Waals surface area contributed by atoms with E-state index < -0.39 is 11.4 Å². The molecule has 2 aliphatic rings. The van der Waals surface area contributed by atoms with E-state index in [1.165, 1.54) is 31.7 Å². The van der Waals surface area contributed by atoms with Crippen molar-refractivity contribution in [3.8, 4) is 11.5 Å². The molecule has 3 rings (SSSR count). The van der Waals surface area contributed by atoms with Crippen LogP contribution in [0.1, 0.15) is 44.1 Å². The lowest BCUT2D eigenvalue weighted by Crippen LogP contribution is -2.57. The summed E-state index contributed by atoms with van der Waals surface area (Å²) in [6.07, 6.45) is 6.97. The first-order valence-electron chi connectivity index (χ1n) is 7.66. The van der Waals surface area contributed by atoms with Gasteiger partial charge in [0, 0.05) is 17.7 Å². The molecule has 114 valence electrons. The van der Waals surface area contributed by atoms with E-state index in [4.69, 9.17) is 10.5 Å². The van der Waals surface area contributed by atoms with E-state index in [2.05, 4.69) is 5.32 Å². The molecule has 21 heavy (non-hydrogen) atoms. The minimum atomic E-state index is -0.974. The van der Waals surface area contributed by atoms with E-state index in [1.807, 2.05) is 0 Å². The van der Waals surface area contributed by atoms with E-state index in [0.29, 0.717) is 5.75 Å². The molecule has 1 amide bonds. The second kappa shape index (κ2) is 5.56. The zero-order valence-electron chi connectivity index (χ0n) is 12.1. The van der Waals surface area contributed by atoms with Gasteiger partial charge in [-0.15, -0.1) is 0 Å². The van der Waals surface area contributed by atoms with Crippen molar-refractivity contribution in [2.75, 3.05) is 6.61 Å². The Bertz CT molecular complexity index is 538. The van der Waals surface area contributed by atoms with Crippen LogP contribution in [-0.4, -0.2) is 23.7 Å². The molecular formula is C16H22N2O3. The molecule has 1 aliphatic heterocycles. The molecule has 1 atom stereocenters. The maximum atomic E-state index is 12.1. The first kappa shape index (κ1) is 14.2. The Morgan fingerprint density at radius 1 is 1.29 bits per heavy atom. The van der Waals surface area contributed by atoms with E-state index >= 15 is 0 Å². The molecule has 1 unspecified atom stereocenters. The molecule has 1 aliphatic carbocycles.